The van der Waals surface area contributed by atoms with E-state index in [0.717, 1.165) is 17.0 Å². The lowest BCUT2D eigenvalue weighted by atomic mass is 10.1. The molecule has 2 heteroatoms. The maximum Gasteiger partial charge on any atom is 0.0915 e. The number of nitrogens with zero attached hydrogens (tertiary/aromatic N) is 2. The second-order valence-corrected chi connectivity index (χ2v) is 3.39. The molecule has 2 aromatic heterocycles. The minimum Gasteiger partial charge on any atom is -0.255 e. The predicted molar refractivity (Wildman–Crippen MR) is 79.6 cm³/mol. The lowest BCUT2D eigenvalue weighted by Gasteiger charge is -2.03. The van der Waals surface area contributed by atoms with Gasteiger partial charge in [0.25, 0.3) is 0 Å². The molecule has 0 saturated carbocycles. The Morgan fingerprint density at radius 1 is 0.833 bits per heavy atom. The minimum absolute atomic E-state index is 0.947. The molecule has 0 aromatic carbocycles. The number of pyridine rings is 2. The third-order valence-corrected chi connectivity index (χ3v) is 2.17. The first-order chi connectivity index (χ1) is 8.77. The van der Waals surface area contributed by atoms with Crippen LogP contribution in [0.15, 0.2) is 36.7 Å². The number of rotatable bonds is 1. The molecule has 0 N–H and O–H groups in total. The fraction of sp³-hybridized carbons (Fsp3) is 0.375. The van der Waals surface area contributed by atoms with Gasteiger partial charge in [0.1, 0.15) is 0 Å². The largest absolute Gasteiger partial charge is 0.255 e. The SMILES string of the molecule is CC.CC.Cc1ccnc(-c2ncccc2C)c1. The highest BCUT2D eigenvalue weighted by atomic mass is 14.8. The molecule has 2 rings (SSSR count). The van der Waals surface area contributed by atoms with Crippen molar-refractivity contribution in [1.29, 1.82) is 0 Å². The lowest BCUT2D eigenvalue weighted by Crippen LogP contribution is -1.90. The highest BCUT2D eigenvalue weighted by molar-refractivity contribution is 5.58. The van der Waals surface area contributed by atoms with E-state index in [1.165, 1.54) is 5.56 Å². The summed E-state index contributed by atoms with van der Waals surface area (Å²) in [6.07, 6.45) is 3.62. The van der Waals surface area contributed by atoms with Crippen molar-refractivity contribution in [1.82, 2.24) is 9.97 Å². The summed E-state index contributed by atoms with van der Waals surface area (Å²) >= 11 is 0. The summed E-state index contributed by atoms with van der Waals surface area (Å²) in [7, 11) is 0. The third-order valence-electron chi connectivity index (χ3n) is 2.17. The fourth-order valence-corrected chi connectivity index (χ4v) is 1.42. The molecule has 98 valence electrons. The molecular weight excluding hydrogens is 220 g/mol. The average molecular weight is 244 g/mol. The molecule has 0 spiro atoms. The topological polar surface area (TPSA) is 25.8 Å². The number of aromatic nitrogens is 2. The minimum atomic E-state index is 0.947. The van der Waals surface area contributed by atoms with Gasteiger partial charge in [-0.3, -0.25) is 9.97 Å². The van der Waals surface area contributed by atoms with Crippen molar-refractivity contribution in [3.05, 3.63) is 47.8 Å². The van der Waals surface area contributed by atoms with Crippen LogP contribution < -0.4 is 0 Å². The second kappa shape index (κ2) is 9.34. The molecule has 0 bridgehead atoms. The molecule has 0 radical (unpaired) electrons. The Bertz CT molecular complexity index is 450. The smallest absolute Gasteiger partial charge is 0.0915 e. The predicted octanol–water partition coefficient (Wildman–Crippen LogP) is 4.81. The van der Waals surface area contributed by atoms with Gasteiger partial charge < -0.3 is 0 Å². The van der Waals surface area contributed by atoms with Crippen LogP contribution in [0, 0.1) is 13.8 Å². The van der Waals surface area contributed by atoms with E-state index in [1.807, 2.05) is 59.0 Å². The van der Waals surface area contributed by atoms with Gasteiger partial charge in [0.15, 0.2) is 0 Å². The molecule has 0 fully saturated rings. The van der Waals surface area contributed by atoms with E-state index in [1.54, 1.807) is 6.20 Å². The van der Waals surface area contributed by atoms with Crippen LogP contribution in [0.2, 0.25) is 0 Å². The zero-order valence-corrected chi connectivity index (χ0v) is 12.4. The number of hydrogen-bond acceptors (Lipinski definition) is 2. The van der Waals surface area contributed by atoms with Gasteiger partial charge in [0.2, 0.25) is 0 Å². The van der Waals surface area contributed by atoms with Gasteiger partial charge in [0, 0.05) is 12.4 Å². The van der Waals surface area contributed by atoms with Crippen molar-refractivity contribution in [3.8, 4) is 11.4 Å². The van der Waals surface area contributed by atoms with Gasteiger partial charge in [-0.15, -0.1) is 0 Å². The maximum atomic E-state index is 4.33. The molecule has 0 unspecified atom stereocenters. The van der Waals surface area contributed by atoms with Gasteiger partial charge in [-0.2, -0.15) is 0 Å². The molecule has 0 aliphatic rings. The van der Waals surface area contributed by atoms with Crippen LogP contribution in [-0.2, 0) is 0 Å². The Balaban J connectivity index is 0.000000659. The summed E-state index contributed by atoms with van der Waals surface area (Å²) in [5.74, 6) is 0. The summed E-state index contributed by atoms with van der Waals surface area (Å²) in [5.41, 5.74) is 4.28. The molecular formula is C16H24N2. The first-order valence-electron chi connectivity index (χ1n) is 6.62. The molecule has 0 amide bonds. The van der Waals surface area contributed by atoms with E-state index in [9.17, 15) is 0 Å². The molecule has 0 saturated heterocycles. The zero-order chi connectivity index (χ0) is 14.0. The van der Waals surface area contributed by atoms with Crippen LogP contribution in [0.25, 0.3) is 11.4 Å². The Hall–Kier alpha value is -1.70. The third kappa shape index (κ3) is 4.66. The molecule has 0 aliphatic carbocycles. The number of hydrogen-bond donors (Lipinski definition) is 0. The Morgan fingerprint density at radius 2 is 1.50 bits per heavy atom. The van der Waals surface area contributed by atoms with Crippen LogP contribution >= 0.6 is 0 Å². The quantitative estimate of drug-likeness (QED) is 0.719. The van der Waals surface area contributed by atoms with Gasteiger partial charge in [0.05, 0.1) is 11.4 Å². The fourth-order valence-electron chi connectivity index (χ4n) is 1.42. The summed E-state index contributed by atoms with van der Waals surface area (Å²) in [6, 6.07) is 8.03. The van der Waals surface area contributed by atoms with Gasteiger partial charge in [-0.1, -0.05) is 33.8 Å². The standard InChI is InChI=1S/C12H12N2.2C2H6/c1-9-5-7-13-11(8-9)12-10(2)4-3-6-14-12;2*1-2/h3-8H,1-2H3;2*1-2H3. The van der Waals surface area contributed by atoms with E-state index in [4.69, 9.17) is 0 Å². The van der Waals surface area contributed by atoms with Crippen LogP contribution in [-0.4, -0.2) is 9.97 Å². The normalized spacial score (nSPS) is 8.56. The van der Waals surface area contributed by atoms with Crippen molar-refractivity contribution in [2.45, 2.75) is 41.5 Å². The Kier molecular flexibility index (Phi) is 8.46. The van der Waals surface area contributed by atoms with Crippen molar-refractivity contribution in [3.63, 3.8) is 0 Å². The highest BCUT2D eigenvalue weighted by Gasteiger charge is 2.03. The van der Waals surface area contributed by atoms with Crippen LogP contribution in [0.5, 0.6) is 0 Å². The summed E-state index contributed by atoms with van der Waals surface area (Å²) in [5, 5.41) is 0. The Labute approximate surface area is 111 Å². The van der Waals surface area contributed by atoms with Crippen molar-refractivity contribution >= 4 is 0 Å². The van der Waals surface area contributed by atoms with E-state index in [-0.39, 0.29) is 0 Å². The monoisotopic (exact) mass is 244 g/mol. The van der Waals surface area contributed by atoms with E-state index < -0.39 is 0 Å². The molecule has 2 nitrogen and oxygen atoms in total. The first kappa shape index (κ1) is 16.3. The summed E-state index contributed by atoms with van der Waals surface area (Å²) < 4.78 is 0. The lowest BCUT2D eigenvalue weighted by molar-refractivity contribution is 1.20. The molecule has 2 aromatic rings. The highest BCUT2D eigenvalue weighted by Crippen LogP contribution is 2.18. The first-order valence-corrected chi connectivity index (χ1v) is 6.62. The molecule has 18 heavy (non-hydrogen) atoms. The van der Waals surface area contributed by atoms with Gasteiger partial charge >= 0.3 is 0 Å². The van der Waals surface area contributed by atoms with E-state index >= 15 is 0 Å². The summed E-state index contributed by atoms with van der Waals surface area (Å²) in [6.45, 7) is 12.1. The van der Waals surface area contributed by atoms with Crippen molar-refractivity contribution < 1.29 is 0 Å². The van der Waals surface area contributed by atoms with Gasteiger partial charge in [-0.25, -0.2) is 0 Å². The van der Waals surface area contributed by atoms with Gasteiger partial charge in [-0.05, 0) is 43.2 Å². The van der Waals surface area contributed by atoms with Crippen molar-refractivity contribution in [2.75, 3.05) is 0 Å². The molecule has 0 aliphatic heterocycles. The summed E-state index contributed by atoms with van der Waals surface area (Å²) in [4.78, 5) is 8.64. The van der Waals surface area contributed by atoms with E-state index in [2.05, 4.69) is 23.0 Å². The van der Waals surface area contributed by atoms with Crippen LogP contribution in [0.3, 0.4) is 0 Å². The molecule has 2 heterocycles. The van der Waals surface area contributed by atoms with E-state index in [0.29, 0.717) is 0 Å². The average Bonchev–Trinajstić information content (AvgIpc) is 2.44. The molecule has 0 atom stereocenters. The van der Waals surface area contributed by atoms with Crippen LogP contribution in [0.1, 0.15) is 38.8 Å². The Morgan fingerprint density at radius 3 is 2.06 bits per heavy atom. The van der Waals surface area contributed by atoms with Crippen molar-refractivity contribution in [2.24, 2.45) is 0 Å². The second-order valence-electron chi connectivity index (χ2n) is 3.39. The maximum absolute atomic E-state index is 4.33. The number of aryl methyl sites for hydroxylation is 2. The van der Waals surface area contributed by atoms with Crippen LogP contribution in [0.4, 0.5) is 0 Å². The zero-order valence-electron chi connectivity index (χ0n) is 12.4.